The van der Waals surface area contributed by atoms with Crippen LogP contribution < -0.4 is 0 Å². The van der Waals surface area contributed by atoms with E-state index < -0.39 is 15.9 Å². The van der Waals surface area contributed by atoms with Crippen LogP contribution in [0.5, 0.6) is 0 Å². The van der Waals surface area contributed by atoms with E-state index in [2.05, 4.69) is 0 Å². The second-order valence-corrected chi connectivity index (χ2v) is 7.48. The van der Waals surface area contributed by atoms with Gasteiger partial charge in [0, 0.05) is 0 Å². The largest absolute Gasteiger partial charge is 0.387 e. The molecule has 0 fully saturated rings. The Morgan fingerprint density at radius 1 is 1.10 bits per heavy atom. The van der Waals surface area contributed by atoms with Crippen molar-refractivity contribution in [3.8, 4) is 0 Å². The van der Waals surface area contributed by atoms with Crippen LogP contribution >= 0.6 is 11.6 Å². The molecule has 0 saturated heterocycles. The third-order valence-electron chi connectivity index (χ3n) is 3.46. The Morgan fingerprint density at radius 3 is 2.38 bits per heavy atom. The second kappa shape index (κ2) is 6.18. The summed E-state index contributed by atoms with van der Waals surface area (Å²) in [6.45, 7) is 3.89. The molecule has 3 nitrogen and oxygen atoms in total. The molecule has 21 heavy (non-hydrogen) atoms. The second-order valence-electron chi connectivity index (χ2n) is 5.07. The van der Waals surface area contributed by atoms with Gasteiger partial charge in [-0.05, 0) is 42.7 Å². The van der Waals surface area contributed by atoms with Gasteiger partial charge in [0.25, 0.3) is 0 Å². The fourth-order valence-electron chi connectivity index (χ4n) is 2.06. The molecular weight excluding hydrogens is 308 g/mol. The van der Waals surface area contributed by atoms with Crippen molar-refractivity contribution in [2.75, 3.05) is 5.75 Å². The molecule has 0 spiro atoms. The van der Waals surface area contributed by atoms with Gasteiger partial charge in [0.05, 0.1) is 21.8 Å². The average Bonchev–Trinajstić information content (AvgIpc) is 2.41. The smallest absolute Gasteiger partial charge is 0.182 e. The summed E-state index contributed by atoms with van der Waals surface area (Å²) >= 11 is 5.92. The fraction of sp³-hybridized carbons (Fsp3) is 0.250. The minimum absolute atomic E-state index is 0.0505. The molecule has 0 heterocycles. The van der Waals surface area contributed by atoms with Gasteiger partial charge in [-0.2, -0.15) is 0 Å². The van der Waals surface area contributed by atoms with E-state index >= 15 is 0 Å². The van der Waals surface area contributed by atoms with Crippen molar-refractivity contribution < 1.29 is 13.5 Å². The summed E-state index contributed by atoms with van der Waals surface area (Å²) in [4.78, 5) is 0.0505. The molecule has 0 bridgehead atoms. The van der Waals surface area contributed by atoms with Gasteiger partial charge < -0.3 is 5.11 Å². The Morgan fingerprint density at radius 2 is 1.76 bits per heavy atom. The van der Waals surface area contributed by atoms with Gasteiger partial charge in [-0.1, -0.05) is 41.9 Å². The quantitative estimate of drug-likeness (QED) is 0.937. The molecule has 1 N–H and O–H groups in total. The van der Waals surface area contributed by atoms with Crippen LogP contribution in [-0.4, -0.2) is 19.3 Å². The van der Waals surface area contributed by atoms with Crippen molar-refractivity contribution in [2.24, 2.45) is 0 Å². The lowest BCUT2D eigenvalue weighted by atomic mass is 10.0. The lowest BCUT2D eigenvalue weighted by Crippen LogP contribution is -2.15. The number of rotatable bonds is 4. The summed E-state index contributed by atoms with van der Waals surface area (Å²) in [6, 6.07) is 11.7. The number of aliphatic hydroxyl groups excluding tert-OH is 1. The van der Waals surface area contributed by atoms with Gasteiger partial charge in [0.1, 0.15) is 0 Å². The number of hydrogen-bond donors (Lipinski definition) is 1. The van der Waals surface area contributed by atoms with Crippen molar-refractivity contribution in [1.82, 2.24) is 0 Å². The zero-order chi connectivity index (χ0) is 15.6. The Bertz CT molecular complexity index is 754. The molecule has 2 aromatic rings. The molecule has 0 saturated carbocycles. The van der Waals surface area contributed by atoms with Crippen LogP contribution in [0.2, 0.25) is 5.02 Å². The van der Waals surface area contributed by atoms with Crippen LogP contribution in [0, 0.1) is 13.8 Å². The lowest BCUT2D eigenvalue weighted by molar-refractivity contribution is 0.201. The van der Waals surface area contributed by atoms with Crippen LogP contribution in [0.15, 0.2) is 47.4 Å². The van der Waals surface area contributed by atoms with Crippen molar-refractivity contribution in [2.45, 2.75) is 24.8 Å². The Kier molecular flexibility index (Phi) is 4.71. The normalized spacial score (nSPS) is 13.1. The molecule has 0 aliphatic carbocycles. The highest BCUT2D eigenvalue weighted by Crippen LogP contribution is 2.26. The topological polar surface area (TPSA) is 54.4 Å². The van der Waals surface area contributed by atoms with E-state index in [1.807, 2.05) is 26.0 Å². The molecule has 1 unspecified atom stereocenters. The lowest BCUT2D eigenvalue weighted by Gasteiger charge is -2.14. The minimum Gasteiger partial charge on any atom is -0.387 e. The Balaban J connectivity index is 2.28. The summed E-state index contributed by atoms with van der Waals surface area (Å²) in [5.41, 5.74) is 2.70. The first-order chi connectivity index (χ1) is 9.81. The zero-order valence-electron chi connectivity index (χ0n) is 11.9. The van der Waals surface area contributed by atoms with Crippen molar-refractivity contribution in [3.05, 3.63) is 64.2 Å². The summed E-state index contributed by atoms with van der Waals surface area (Å²) in [7, 11) is -3.64. The molecular formula is C16H17ClO3S. The van der Waals surface area contributed by atoms with Crippen LogP contribution in [0.1, 0.15) is 22.8 Å². The molecule has 0 amide bonds. The SMILES string of the molecule is Cc1ccc(C(O)CS(=O)(=O)c2ccccc2Cl)cc1C. The summed E-state index contributed by atoms with van der Waals surface area (Å²) in [5.74, 6) is -0.390. The van der Waals surface area contributed by atoms with E-state index in [-0.39, 0.29) is 15.7 Å². The van der Waals surface area contributed by atoms with E-state index in [0.717, 1.165) is 11.1 Å². The van der Waals surface area contributed by atoms with Gasteiger partial charge >= 0.3 is 0 Å². The van der Waals surface area contributed by atoms with Gasteiger partial charge in [-0.25, -0.2) is 8.42 Å². The minimum atomic E-state index is -3.64. The van der Waals surface area contributed by atoms with Gasteiger partial charge in [-0.15, -0.1) is 0 Å². The predicted octanol–water partition coefficient (Wildman–Crippen LogP) is 3.46. The summed E-state index contributed by atoms with van der Waals surface area (Å²) in [6.07, 6.45) is -1.08. The molecule has 0 aliphatic heterocycles. The highest BCUT2D eigenvalue weighted by atomic mass is 35.5. The molecule has 0 aliphatic rings. The highest BCUT2D eigenvalue weighted by Gasteiger charge is 2.23. The standard InChI is InChI=1S/C16H17ClO3S/c1-11-7-8-13(9-12(11)2)15(18)10-21(19,20)16-6-4-3-5-14(16)17/h3-9,15,18H,10H2,1-2H3. The van der Waals surface area contributed by atoms with Crippen molar-refractivity contribution >= 4 is 21.4 Å². The molecule has 2 rings (SSSR count). The van der Waals surface area contributed by atoms with Crippen molar-refractivity contribution in [3.63, 3.8) is 0 Å². The van der Waals surface area contributed by atoms with Crippen LogP contribution in [0.3, 0.4) is 0 Å². The predicted molar refractivity (Wildman–Crippen MR) is 84.4 cm³/mol. The van der Waals surface area contributed by atoms with Crippen molar-refractivity contribution in [1.29, 1.82) is 0 Å². The van der Waals surface area contributed by atoms with E-state index in [4.69, 9.17) is 11.6 Å². The third-order valence-corrected chi connectivity index (χ3v) is 5.69. The first-order valence-electron chi connectivity index (χ1n) is 6.54. The molecule has 5 heteroatoms. The van der Waals surface area contributed by atoms with E-state index in [1.54, 1.807) is 18.2 Å². The van der Waals surface area contributed by atoms with E-state index in [0.29, 0.717) is 5.56 Å². The number of aryl methyl sites for hydroxylation is 2. The van der Waals surface area contributed by atoms with Crippen LogP contribution in [0.4, 0.5) is 0 Å². The van der Waals surface area contributed by atoms with E-state index in [9.17, 15) is 13.5 Å². The molecule has 0 aromatic heterocycles. The first-order valence-corrected chi connectivity index (χ1v) is 8.57. The van der Waals surface area contributed by atoms with Gasteiger partial charge in [0.15, 0.2) is 9.84 Å². The monoisotopic (exact) mass is 324 g/mol. The summed E-state index contributed by atoms with van der Waals surface area (Å²) < 4.78 is 24.7. The Labute approximate surface area is 130 Å². The van der Waals surface area contributed by atoms with Gasteiger partial charge in [0.2, 0.25) is 0 Å². The Hall–Kier alpha value is -1.36. The molecule has 2 aromatic carbocycles. The molecule has 112 valence electrons. The fourth-order valence-corrected chi connectivity index (χ4v) is 3.99. The zero-order valence-corrected chi connectivity index (χ0v) is 13.4. The molecule has 1 atom stereocenters. The number of aliphatic hydroxyl groups is 1. The summed E-state index contributed by atoms with van der Waals surface area (Å²) in [5, 5.41) is 10.4. The number of hydrogen-bond acceptors (Lipinski definition) is 3. The maximum absolute atomic E-state index is 12.3. The van der Waals surface area contributed by atoms with E-state index in [1.165, 1.54) is 12.1 Å². The average molecular weight is 325 g/mol. The highest BCUT2D eigenvalue weighted by molar-refractivity contribution is 7.91. The van der Waals surface area contributed by atoms with Crippen LogP contribution in [-0.2, 0) is 9.84 Å². The first kappa shape index (κ1) is 16.0. The third kappa shape index (κ3) is 3.64. The maximum atomic E-state index is 12.3. The number of benzene rings is 2. The van der Waals surface area contributed by atoms with Gasteiger partial charge in [-0.3, -0.25) is 0 Å². The molecule has 0 radical (unpaired) electrons. The maximum Gasteiger partial charge on any atom is 0.182 e. The van der Waals surface area contributed by atoms with Crippen LogP contribution in [0.25, 0.3) is 0 Å². The number of sulfone groups is 1. The number of halogens is 1.